The summed E-state index contributed by atoms with van der Waals surface area (Å²) in [6.45, 7) is 6.77. The molecule has 0 radical (unpaired) electrons. The minimum absolute atomic E-state index is 0.201. The molecule has 0 atom stereocenters. The van der Waals surface area contributed by atoms with Gasteiger partial charge in [0.25, 0.3) is 0 Å². The van der Waals surface area contributed by atoms with Crippen LogP contribution >= 0.6 is 0 Å². The van der Waals surface area contributed by atoms with Crippen molar-refractivity contribution in [2.45, 2.75) is 40.0 Å². The van der Waals surface area contributed by atoms with Crippen molar-refractivity contribution in [2.24, 2.45) is 5.92 Å². The Balaban J connectivity index is 2.82. The average Bonchev–Trinajstić information content (AvgIpc) is 2.59. The Morgan fingerprint density at radius 3 is 2.53 bits per heavy atom. The van der Waals surface area contributed by atoms with Crippen LogP contribution in [0.2, 0.25) is 0 Å². The Hall–Kier alpha value is -1.04. The van der Waals surface area contributed by atoms with Gasteiger partial charge in [0.1, 0.15) is 5.69 Å². The molecule has 0 bridgehead atoms. The SMILES string of the molecule is CCn1ncc(CNCC(C)C)c1C(F)(F)F. The van der Waals surface area contributed by atoms with Crippen LogP contribution in [0, 0.1) is 5.92 Å². The minimum Gasteiger partial charge on any atom is -0.312 e. The highest BCUT2D eigenvalue weighted by molar-refractivity contribution is 5.20. The third-order valence-electron chi connectivity index (χ3n) is 2.35. The molecular weight excluding hydrogens is 231 g/mol. The number of alkyl halides is 3. The molecule has 1 aromatic heterocycles. The van der Waals surface area contributed by atoms with Crippen molar-refractivity contribution in [2.75, 3.05) is 6.54 Å². The summed E-state index contributed by atoms with van der Waals surface area (Å²) in [5, 5.41) is 6.75. The van der Waals surface area contributed by atoms with E-state index in [4.69, 9.17) is 0 Å². The van der Waals surface area contributed by atoms with Gasteiger partial charge in [0.05, 0.1) is 6.20 Å². The Morgan fingerprint density at radius 2 is 2.06 bits per heavy atom. The number of aromatic nitrogens is 2. The van der Waals surface area contributed by atoms with Gasteiger partial charge in [-0.05, 0) is 19.4 Å². The summed E-state index contributed by atoms with van der Waals surface area (Å²) in [7, 11) is 0. The first-order valence-electron chi connectivity index (χ1n) is 5.68. The quantitative estimate of drug-likeness (QED) is 0.869. The molecule has 98 valence electrons. The molecule has 0 aliphatic heterocycles. The van der Waals surface area contributed by atoms with Crippen LogP contribution in [0.15, 0.2) is 6.20 Å². The van der Waals surface area contributed by atoms with Gasteiger partial charge in [-0.1, -0.05) is 13.8 Å². The van der Waals surface area contributed by atoms with Crippen LogP contribution in [0.4, 0.5) is 13.2 Å². The van der Waals surface area contributed by atoms with Crippen LogP contribution in [-0.4, -0.2) is 16.3 Å². The topological polar surface area (TPSA) is 29.9 Å². The van der Waals surface area contributed by atoms with Crippen LogP contribution in [0.1, 0.15) is 32.0 Å². The molecule has 6 heteroatoms. The monoisotopic (exact) mass is 249 g/mol. The number of hydrogen-bond donors (Lipinski definition) is 1. The smallest absolute Gasteiger partial charge is 0.312 e. The molecule has 0 aromatic carbocycles. The summed E-state index contributed by atoms with van der Waals surface area (Å²) < 4.78 is 39.5. The van der Waals surface area contributed by atoms with E-state index >= 15 is 0 Å². The molecule has 17 heavy (non-hydrogen) atoms. The van der Waals surface area contributed by atoms with E-state index in [1.807, 2.05) is 13.8 Å². The average molecular weight is 249 g/mol. The van der Waals surface area contributed by atoms with E-state index in [0.29, 0.717) is 12.5 Å². The molecule has 3 nitrogen and oxygen atoms in total. The van der Waals surface area contributed by atoms with E-state index in [1.165, 1.54) is 6.20 Å². The van der Waals surface area contributed by atoms with E-state index in [2.05, 4.69) is 10.4 Å². The maximum Gasteiger partial charge on any atom is 0.433 e. The van der Waals surface area contributed by atoms with Gasteiger partial charge in [0.15, 0.2) is 0 Å². The van der Waals surface area contributed by atoms with Crippen molar-refractivity contribution in [1.82, 2.24) is 15.1 Å². The first-order chi connectivity index (χ1) is 7.86. The summed E-state index contributed by atoms with van der Waals surface area (Å²) in [6.07, 6.45) is -3.05. The van der Waals surface area contributed by atoms with Crippen molar-refractivity contribution in [3.8, 4) is 0 Å². The lowest BCUT2D eigenvalue weighted by atomic mass is 10.2. The largest absolute Gasteiger partial charge is 0.433 e. The molecule has 0 aliphatic carbocycles. The molecule has 1 rings (SSSR count). The number of hydrogen-bond acceptors (Lipinski definition) is 2. The maximum atomic E-state index is 12.8. The number of nitrogens with zero attached hydrogens (tertiary/aromatic N) is 2. The second-order valence-electron chi connectivity index (χ2n) is 4.36. The predicted octanol–water partition coefficient (Wildman–Crippen LogP) is 2.67. The van der Waals surface area contributed by atoms with Crippen LogP contribution in [0.25, 0.3) is 0 Å². The van der Waals surface area contributed by atoms with E-state index in [9.17, 15) is 13.2 Å². The molecule has 1 N–H and O–H groups in total. The number of nitrogens with one attached hydrogen (secondary N) is 1. The maximum absolute atomic E-state index is 12.8. The van der Waals surface area contributed by atoms with Crippen LogP contribution in [0.5, 0.6) is 0 Å². The lowest BCUT2D eigenvalue weighted by molar-refractivity contribution is -0.144. The molecule has 0 aliphatic rings. The summed E-state index contributed by atoms with van der Waals surface area (Å²) in [5.74, 6) is 0.408. The van der Waals surface area contributed by atoms with Gasteiger partial charge < -0.3 is 5.32 Å². The van der Waals surface area contributed by atoms with E-state index in [0.717, 1.165) is 4.68 Å². The van der Waals surface area contributed by atoms with Crippen molar-refractivity contribution in [1.29, 1.82) is 0 Å². The van der Waals surface area contributed by atoms with Gasteiger partial charge in [-0.15, -0.1) is 0 Å². The molecule has 0 amide bonds. The number of aryl methyl sites for hydroxylation is 1. The van der Waals surface area contributed by atoms with Crippen molar-refractivity contribution in [3.05, 3.63) is 17.5 Å². The number of rotatable bonds is 5. The molecule has 0 unspecified atom stereocenters. The fourth-order valence-corrected chi connectivity index (χ4v) is 1.62. The molecule has 0 fully saturated rings. The standard InChI is InChI=1S/C11H18F3N3/c1-4-17-10(11(12,13)14)9(7-16-17)6-15-5-8(2)3/h7-8,15H,4-6H2,1-3H3. The van der Waals surface area contributed by atoms with Gasteiger partial charge in [-0.25, -0.2) is 0 Å². The van der Waals surface area contributed by atoms with Gasteiger partial charge in [-0.3, -0.25) is 4.68 Å². The summed E-state index contributed by atoms with van der Waals surface area (Å²) in [5.41, 5.74) is -0.434. The van der Waals surface area contributed by atoms with Gasteiger partial charge in [-0.2, -0.15) is 18.3 Å². The lowest BCUT2D eigenvalue weighted by Gasteiger charge is -2.12. The highest BCUT2D eigenvalue weighted by Crippen LogP contribution is 2.31. The molecule has 1 heterocycles. The Morgan fingerprint density at radius 1 is 1.41 bits per heavy atom. The summed E-state index contributed by atoms with van der Waals surface area (Å²) >= 11 is 0. The Bertz CT molecular complexity index is 355. The van der Waals surface area contributed by atoms with E-state index in [1.54, 1.807) is 6.92 Å². The van der Waals surface area contributed by atoms with Crippen molar-refractivity contribution in [3.63, 3.8) is 0 Å². The van der Waals surface area contributed by atoms with Crippen LogP contribution in [-0.2, 0) is 19.3 Å². The normalized spacial score (nSPS) is 12.4. The minimum atomic E-state index is -4.35. The highest BCUT2D eigenvalue weighted by atomic mass is 19.4. The molecule has 0 saturated heterocycles. The molecule has 1 aromatic rings. The molecule has 0 spiro atoms. The van der Waals surface area contributed by atoms with Crippen LogP contribution < -0.4 is 5.32 Å². The van der Waals surface area contributed by atoms with E-state index in [-0.39, 0.29) is 18.7 Å². The summed E-state index contributed by atoms with van der Waals surface area (Å²) in [6, 6.07) is 0. The third-order valence-corrected chi connectivity index (χ3v) is 2.35. The van der Waals surface area contributed by atoms with E-state index < -0.39 is 11.9 Å². The van der Waals surface area contributed by atoms with Crippen molar-refractivity contribution < 1.29 is 13.2 Å². The fourth-order valence-electron chi connectivity index (χ4n) is 1.62. The predicted molar refractivity (Wildman–Crippen MR) is 59.4 cm³/mol. The van der Waals surface area contributed by atoms with Crippen LogP contribution in [0.3, 0.4) is 0 Å². The first-order valence-corrected chi connectivity index (χ1v) is 5.68. The fraction of sp³-hybridized carbons (Fsp3) is 0.727. The zero-order chi connectivity index (χ0) is 13.1. The zero-order valence-corrected chi connectivity index (χ0v) is 10.3. The van der Waals surface area contributed by atoms with Crippen molar-refractivity contribution >= 4 is 0 Å². The second-order valence-corrected chi connectivity index (χ2v) is 4.36. The zero-order valence-electron chi connectivity index (χ0n) is 10.3. The Kier molecular flexibility index (Phi) is 4.56. The first kappa shape index (κ1) is 14.0. The van der Waals surface area contributed by atoms with Gasteiger partial charge in [0.2, 0.25) is 0 Å². The second kappa shape index (κ2) is 5.53. The molecule has 0 saturated carbocycles. The van der Waals surface area contributed by atoms with Gasteiger partial charge in [0, 0.05) is 18.7 Å². The number of halogens is 3. The van der Waals surface area contributed by atoms with Gasteiger partial charge >= 0.3 is 6.18 Å². The lowest BCUT2D eigenvalue weighted by Crippen LogP contribution is -2.22. The third kappa shape index (κ3) is 3.73. The highest BCUT2D eigenvalue weighted by Gasteiger charge is 2.37. The molecular formula is C11H18F3N3. The Labute approximate surface area is 99.0 Å². The summed E-state index contributed by atoms with van der Waals surface area (Å²) in [4.78, 5) is 0.